The van der Waals surface area contributed by atoms with Gasteiger partial charge in [0, 0.05) is 24.0 Å². The largest absolute Gasteiger partial charge is 0.342 e. The van der Waals surface area contributed by atoms with E-state index < -0.39 is 10.0 Å². The fourth-order valence-electron chi connectivity index (χ4n) is 2.34. The lowest BCUT2D eigenvalue weighted by atomic mass is 10.1. The lowest BCUT2D eigenvalue weighted by molar-refractivity contribution is -0.129. The van der Waals surface area contributed by atoms with Crippen molar-refractivity contribution < 1.29 is 13.2 Å². The zero-order chi connectivity index (χ0) is 16.2. The number of sulfonamides is 1. The van der Waals surface area contributed by atoms with Gasteiger partial charge in [0.2, 0.25) is 15.9 Å². The first-order chi connectivity index (χ1) is 10.3. The van der Waals surface area contributed by atoms with E-state index in [-0.39, 0.29) is 11.9 Å². The normalized spacial score (nSPS) is 16.7. The van der Waals surface area contributed by atoms with Gasteiger partial charge < -0.3 is 4.90 Å². The number of nitrogens with one attached hydrogen (secondary N) is 1. The molecule has 0 bridgehead atoms. The highest BCUT2D eigenvalue weighted by Gasteiger charge is 2.24. The first-order valence-electron chi connectivity index (χ1n) is 6.97. The van der Waals surface area contributed by atoms with Crippen molar-refractivity contribution in [2.24, 2.45) is 0 Å². The highest BCUT2D eigenvalue weighted by Crippen LogP contribution is 2.27. The summed E-state index contributed by atoms with van der Waals surface area (Å²) in [5.41, 5.74) is 0. The van der Waals surface area contributed by atoms with E-state index in [9.17, 15) is 13.2 Å². The third kappa shape index (κ3) is 5.46. The van der Waals surface area contributed by atoms with E-state index in [2.05, 4.69) is 4.72 Å². The van der Waals surface area contributed by atoms with Gasteiger partial charge in [0.05, 0.1) is 17.0 Å². The predicted molar refractivity (Wildman–Crippen MR) is 89.8 cm³/mol. The van der Waals surface area contributed by atoms with Gasteiger partial charge in [0.1, 0.15) is 0 Å². The maximum atomic E-state index is 12.2. The van der Waals surface area contributed by atoms with Crippen molar-refractivity contribution in [2.75, 3.05) is 25.1 Å². The van der Waals surface area contributed by atoms with Crippen LogP contribution in [0.4, 0.5) is 0 Å². The SMILES string of the molecule is CS(=O)(=O)NC1CCN(C(=O)CSc2ccccc2Cl)CC1. The van der Waals surface area contributed by atoms with Crippen LogP contribution in [0.25, 0.3) is 0 Å². The predicted octanol–water partition coefficient (Wildman–Crippen LogP) is 1.97. The zero-order valence-electron chi connectivity index (χ0n) is 12.3. The van der Waals surface area contributed by atoms with Crippen LogP contribution in [-0.4, -0.2) is 50.4 Å². The summed E-state index contributed by atoms with van der Waals surface area (Å²) in [6, 6.07) is 7.36. The highest BCUT2D eigenvalue weighted by atomic mass is 35.5. The monoisotopic (exact) mass is 362 g/mol. The number of piperidine rings is 1. The summed E-state index contributed by atoms with van der Waals surface area (Å²) in [5.74, 6) is 0.399. The van der Waals surface area contributed by atoms with Crippen LogP contribution in [0.1, 0.15) is 12.8 Å². The van der Waals surface area contributed by atoms with E-state index in [1.807, 2.05) is 18.2 Å². The number of likely N-dealkylation sites (tertiary alicyclic amines) is 1. The van der Waals surface area contributed by atoms with Crippen molar-refractivity contribution in [1.82, 2.24) is 9.62 Å². The molecular weight excluding hydrogens is 344 g/mol. The number of hydrogen-bond acceptors (Lipinski definition) is 4. The van der Waals surface area contributed by atoms with Crippen molar-refractivity contribution in [2.45, 2.75) is 23.8 Å². The number of hydrogen-bond donors (Lipinski definition) is 1. The van der Waals surface area contributed by atoms with Crippen LogP contribution in [-0.2, 0) is 14.8 Å². The molecular formula is C14H19ClN2O3S2. The van der Waals surface area contributed by atoms with Gasteiger partial charge in [0.25, 0.3) is 0 Å². The number of nitrogens with zero attached hydrogens (tertiary/aromatic N) is 1. The van der Waals surface area contributed by atoms with Gasteiger partial charge in [-0.1, -0.05) is 23.7 Å². The molecule has 1 aromatic rings. The summed E-state index contributed by atoms with van der Waals surface area (Å²) in [5, 5.41) is 0.649. The van der Waals surface area contributed by atoms with Crippen molar-refractivity contribution in [3.63, 3.8) is 0 Å². The quantitative estimate of drug-likeness (QED) is 0.813. The molecule has 0 spiro atoms. The molecule has 0 unspecified atom stereocenters. The Morgan fingerprint density at radius 2 is 2.00 bits per heavy atom. The van der Waals surface area contributed by atoms with Gasteiger partial charge in [0.15, 0.2) is 0 Å². The third-order valence-electron chi connectivity index (χ3n) is 3.42. The Hall–Kier alpha value is -0.760. The maximum Gasteiger partial charge on any atom is 0.232 e. The summed E-state index contributed by atoms with van der Waals surface area (Å²) < 4.78 is 25.0. The van der Waals surface area contributed by atoms with Crippen LogP contribution < -0.4 is 4.72 Å². The highest BCUT2D eigenvalue weighted by molar-refractivity contribution is 8.00. The molecule has 0 saturated carbocycles. The second kappa shape index (κ2) is 7.68. The molecule has 22 heavy (non-hydrogen) atoms. The van der Waals surface area contributed by atoms with Crippen LogP contribution in [0, 0.1) is 0 Å². The van der Waals surface area contributed by atoms with Crippen molar-refractivity contribution in [3.05, 3.63) is 29.3 Å². The molecule has 1 fully saturated rings. The summed E-state index contributed by atoms with van der Waals surface area (Å²) in [7, 11) is -3.18. The molecule has 0 atom stereocenters. The van der Waals surface area contributed by atoms with Crippen LogP contribution in [0.2, 0.25) is 5.02 Å². The van der Waals surface area contributed by atoms with Crippen LogP contribution in [0.5, 0.6) is 0 Å². The molecule has 8 heteroatoms. The van der Waals surface area contributed by atoms with Crippen LogP contribution in [0.3, 0.4) is 0 Å². The van der Waals surface area contributed by atoms with Gasteiger partial charge in [-0.3, -0.25) is 4.79 Å². The van der Waals surface area contributed by atoms with Crippen molar-refractivity contribution >= 4 is 39.3 Å². The van der Waals surface area contributed by atoms with E-state index in [1.165, 1.54) is 11.8 Å². The van der Waals surface area contributed by atoms with E-state index in [4.69, 9.17) is 11.6 Å². The Morgan fingerprint density at radius 1 is 1.36 bits per heavy atom. The Balaban J connectivity index is 1.79. The molecule has 5 nitrogen and oxygen atoms in total. The fraction of sp³-hybridized carbons (Fsp3) is 0.500. The molecule has 1 N–H and O–H groups in total. The average Bonchev–Trinajstić information content (AvgIpc) is 2.45. The molecule has 0 radical (unpaired) electrons. The maximum absolute atomic E-state index is 12.2. The first kappa shape index (κ1) is 17.6. The number of benzene rings is 1. The van der Waals surface area contributed by atoms with E-state index in [1.54, 1.807) is 11.0 Å². The molecule has 122 valence electrons. The minimum Gasteiger partial charge on any atom is -0.342 e. The van der Waals surface area contributed by atoms with Crippen LogP contribution in [0.15, 0.2) is 29.2 Å². The first-order valence-corrected chi connectivity index (χ1v) is 10.2. The second-order valence-electron chi connectivity index (χ2n) is 5.26. The third-order valence-corrected chi connectivity index (χ3v) is 5.68. The molecule has 1 amide bonds. The Labute approximate surface area is 140 Å². The number of rotatable bonds is 5. The lowest BCUT2D eigenvalue weighted by Crippen LogP contribution is -2.46. The average molecular weight is 363 g/mol. The topological polar surface area (TPSA) is 66.5 Å². The Bertz CT molecular complexity index is 629. The molecule has 0 aliphatic carbocycles. The molecule has 1 heterocycles. The minimum atomic E-state index is -3.18. The van der Waals surface area contributed by atoms with Gasteiger partial charge in [-0.15, -0.1) is 11.8 Å². The second-order valence-corrected chi connectivity index (χ2v) is 8.47. The number of carbonyl (C=O) groups excluding carboxylic acids is 1. The van der Waals surface area contributed by atoms with Crippen LogP contribution >= 0.6 is 23.4 Å². The van der Waals surface area contributed by atoms with Gasteiger partial charge in [-0.2, -0.15) is 0 Å². The number of thioether (sulfide) groups is 1. The molecule has 1 aliphatic rings. The van der Waals surface area contributed by atoms with E-state index in [0.717, 1.165) is 11.2 Å². The minimum absolute atomic E-state index is 0.0581. The smallest absolute Gasteiger partial charge is 0.232 e. The van der Waals surface area contributed by atoms with E-state index >= 15 is 0 Å². The molecule has 1 aromatic carbocycles. The van der Waals surface area contributed by atoms with E-state index in [0.29, 0.717) is 36.7 Å². The summed E-state index contributed by atoms with van der Waals surface area (Å²) >= 11 is 7.49. The number of amides is 1. The molecule has 2 rings (SSSR count). The lowest BCUT2D eigenvalue weighted by Gasteiger charge is -2.32. The standard InChI is InChI=1S/C14H19ClN2O3S2/c1-22(19,20)16-11-6-8-17(9-7-11)14(18)10-21-13-5-3-2-4-12(13)15/h2-5,11,16H,6-10H2,1H3. The summed E-state index contributed by atoms with van der Waals surface area (Å²) in [6.07, 6.45) is 2.45. The molecule has 0 aromatic heterocycles. The Morgan fingerprint density at radius 3 is 2.59 bits per heavy atom. The number of carbonyl (C=O) groups is 1. The summed E-state index contributed by atoms with van der Waals surface area (Å²) in [6.45, 7) is 1.16. The zero-order valence-corrected chi connectivity index (χ0v) is 14.7. The van der Waals surface area contributed by atoms with Crippen molar-refractivity contribution in [3.8, 4) is 0 Å². The van der Waals surface area contributed by atoms with Gasteiger partial charge in [-0.05, 0) is 25.0 Å². The van der Waals surface area contributed by atoms with Gasteiger partial charge >= 0.3 is 0 Å². The van der Waals surface area contributed by atoms with Crippen molar-refractivity contribution in [1.29, 1.82) is 0 Å². The number of halogens is 1. The molecule has 1 aliphatic heterocycles. The Kier molecular flexibility index (Phi) is 6.14. The summed E-state index contributed by atoms with van der Waals surface area (Å²) in [4.78, 5) is 14.9. The molecule has 1 saturated heterocycles. The van der Waals surface area contributed by atoms with Gasteiger partial charge in [-0.25, -0.2) is 13.1 Å². The fourth-order valence-corrected chi connectivity index (χ4v) is 4.32.